The molecule has 0 amide bonds. The molecule has 1 atom stereocenters. The molecule has 2 aromatic rings. The molecule has 2 heterocycles. The van der Waals surface area contributed by atoms with Crippen LogP contribution < -0.4 is 10.2 Å². The van der Waals surface area contributed by atoms with E-state index in [2.05, 4.69) is 38.4 Å². The van der Waals surface area contributed by atoms with Crippen molar-refractivity contribution < 1.29 is 0 Å². The van der Waals surface area contributed by atoms with Gasteiger partial charge in [0, 0.05) is 24.2 Å². The topological polar surface area (TPSA) is 53.9 Å². The van der Waals surface area contributed by atoms with Gasteiger partial charge in [-0.05, 0) is 49.8 Å². The maximum absolute atomic E-state index is 6.01. The third-order valence-corrected chi connectivity index (χ3v) is 4.76. The van der Waals surface area contributed by atoms with Gasteiger partial charge in [0.2, 0.25) is 5.95 Å². The molecule has 1 aromatic carbocycles. The van der Waals surface area contributed by atoms with Crippen LogP contribution in [0.4, 0.5) is 11.8 Å². The van der Waals surface area contributed by atoms with Crippen LogP contribution in [0, 0.1) is 0 Å². The minimum atomic E-state index is 0.565. The van der Waals surface area contributed by atoms with E-state index >= 15 is 0 Å². The molecule has 0 radical (unpaired) electrons. The molecule has 5 nitrogen and oxygen atoms in total. The highest BCUT2D eigenvalue weighted by molar-refractivity contribution is 6.30. The molecule has 1 aromatic heterocycles. The molecule has 6 heteroatoms. The lowest BCUT2D eigenvalue weighted by Crippen LogP contribution is -2.39. The zero-order valence-electron chi connectivity index (χ0n) is 14.1. The van der Waals surface area contributed by atoms with Crippen LogP contribution in [0.1, 0.15) is 38.2 Å². The van der Waals surface area contributed by atoms with Crippen molar-refractivity contribution in [2.45, 2.75) is 45.1 Å². The van der Waals surface area contributed by atoms with Crippen molar-refractivity contribution in [2.75, 3.05) is 23.3 Å². The van der Waals surface area contributed by atoms with Gasteiger partial charge >= 0.3 is 0 Å². The highest BCUT2D eigenvalue weighted by atomic mass is 35.5. The van der Waals surface area contributed by atoms with Gasteiger partial charge in [-0.15, -0.1) is 5.10 Å². The first-order valence-corrected chi connectivity index (χ1v) is 9.08. The van der Waals surface area contributed by atoms with Gasteiger partial charge in [-0.1, -0.05) is 30.7 Å². The summed E-state index contributed by atoms with van der Waals surface area (Å²) < 4.78 is 0. The van der Waals surface area contributed by atoms with Gasteiger partial charge in [-0.3, -0.25) is 0 Å². The predicted octanol–water partition coefficient (Wildman–Crippen LogP) is 3.95. The quantitative estimate of drug-likeness (QED) is 0.859. The maximum atomic E-state index is 6.01. The number of aromatic nitrogens is 3. The van der Waals surface area contributed by atoms with Gasteiger partial charge in [0.1, 0.15) is 0 Å². The molecule has 0 spiro atoms. The smallest absolute Gasteiger partial charge is 0.244 e. The van der Waals surface area contributed by atoms with E-state index in [1.165, 1.54) is 24.8 Å². The van der Waals surface area contributed by atoms with Gasteiger partial charge < -0.3 is 10.2 Å². The SMILES string of the molecule is CCC1CCCCN1c1cnnc(NCCc2cccc(Cl)c2)n1. The summed E-state index contributed by atoms with van der Waals surface area (Å²) in [7, 11) is 0. The van der Waals surface area contributed by atoms with Crippen molar-refractivity contribution in [3.8, 4) is 0 Å². The fourth-order valence-electron chi connectivity index (χ4n) is 3.25. The van der Waals surface area contributed by atoms with E-state index in [9.17, 15) is 0 Å². The molecular weight excluding hydrogens is 322 g/mol. The van der Waals surface area contributed by atoms with Gasteiger partial charge in [-0.25, -0.2) is 0 Å². The average molecular weight is 346 g/mol. The van der Waals surface area contributed by atoms with E-state index in [4.69, 9.17) is 11.6 Å². The minimum absolute atomic E-state index is 0.565. The monoisotopic (exact) mass is 345 g/mol. The molecule has 24 heavy (non-hydrogen) atoms. The summed E-state index contributed by atoms with van der Waals surface area (Å²) in [4.78, 5) is 7.03. The first kappa shape index (κ1) is 17.0. The van der Waals surface area contributed by atoms with Gasteiger partial charge in [0.05, 0.1) is 6.20 Å². The van der Waals surface area contributed by atoms with Crippen molar-refractivity contribution in [1.29, 1.82) is 0 Å². The predicted molar refractivity (Wildman–Crippen MR) is 98.7 cm³/mol. The van der Waals surface area contributed by atoms with Crippen molar-refractivity contribution in [3.05, 3.63) is 41.0 Å². The van der Waals surface area contributed by atoms with Gasteiger partial charge in [-0.2, -0.15) is 10.1 Å². The first-order valence-electron chi connectivity index (χ1n) is 8.71. The number of anilines is 2. The first-order chi connectivity index (χ1) is 11.8. The Morgan fingerprint density at radius 1 is 1.33 bits per heavy atom. The Morgan fingerprint density at radius 3 is 3.08 bits per heavy atom. The zero-order chi connectivity index (χ0) is 16.8. The molecule has 128 valence electrons. The Kier molecular flexibility index (Phi) is 5.86. The fourth-order valence-corrected chi connectivity index (χ4v) is 3.46. The summed E-state index contributed by atoms with van der Waals surface area (Å²) in [5, 5.41) is 12.3. The molecule has 3 rings (SSSR count). The van der Waals surface area contributed by atoms with Crippen LogP contribution in [0.25, 0.3) is 0 Å². The number of nitrogens with zero attached hydrogens (tertiary/aromatic N) is 4. The third-order valence-electron chi connectivity index (χ3n) is 4.52. The van der Waals surface area contributed by atoms with Crippen molar-refractivity contribution >= 4 is 23.4 Å². The summed E-state index contributed by atoms with van der Waals surface area (Å²) in [6.07, 6.45) is 7.54. The number of nitrogens with one attached hydrogen (secondary N) is 1. The molecule has 1 N–H and O–H groups in total. The summed E-state index contributed by atoms with van der Waals surface area (Å²) in [5.74, 6) is 1.52. The number of rotatable bonds is 6. The molecule has 0 bridgehead atoms. The Labute approximate surface area is 148 Å². The minimum Gasteiger partial charge on any atom is -0.353 e. The van der Waals surface area contributed by atoms with E-state index in [1.807, 2.05) is 18.2 Å². The van der Waals surface area contributed by atoms with Crippen molar-refractivity contribution in [1.82, 2.24) is 15.2 Å². The number of hydrogen-bond donors (Lipinski definition) is 1. The summed E-state index contributed by atoms with van der Waals surface area (Å²) in [6, 6.07) is 8.48. The standard InChI is InChI=1S/C18H24ClN5/c1-2-16-8-3-4-11-24(16)17-13-21-23-18(22-17)20-10-9-14-6-5-7-15(19)12-14/h5-7,12-13,16H,2-4,8-11H2,1H3,(H,20,22,23). The highest BCUT2D eigenvalue weighted by Gasteiger charge is 2.22. The second-order valence-electron chi connectivity index (χ2n) is 6.20. The fraction of sp³-hybridized carbons (Fsp3) is 0.500. The lowest BCUT2D eigenvalue weighted by molar-refractivity contribution is 0.446. The van der Waals surface area contributed by atoms with Crippen molar-refractivity contribution in [3.63, 3.8) is 0 Å². The van der Waals surface area contributed by atoms with Crippen LogP contribution in [0.3, 0.4) is 0 Å². The molecule has 1 aliphatic heterocycles. The molecule has 0 aliphatic carbocycles. The summed E-state index contributed by atoms with van der Waals surface area (Å²) >= 11 is 6.01. The number of halogens is 1. The lowest BCUT2D eigenvalue weighted by atomic mass is 10.0. The normalized spacial score (nSPS) is 17.8. The highest BCUT2D eigenvalue weighted by Crippen LogP contribution is 2.24. The van der Waals surface area contributed by atoms with E-state index in [0.29, 0.717) is 12.0 Å². The maximum Gasteiger partial charge on any atom is 0.244 e. The van der Waals surface area contributed by atoms with Crippen LogP contribution in [-0.4, -0.2) is 34.3 Å². The largest absolute Gasteiger partial charge is 0.353 e. The zero-order valence-corrected chi connectivity index (χ0v) is 14.8. The van der Waals surface area contributed by atoms with Crippen LogP contribution in [0.5, 0.6) is 0 Å². The number of piperidine rings is 1. The van der Waals surface area contributed by atoms with Crippen LogP contribution in [0.2, 0.25) is 5.02 Å². The molecule has 0 saturated carbocycles. The van der Waals surface area contributed by atoms with E-state index < -0.39 is 0 Å². The Morgan fingerprint density at radius 2 is 2.25 bits per heavy atom. The summed E-state index contributed by atoms with van der Waals surface area (Å²) in [5.41, 5.74) is 1.20. The summed E-state index contributed by atoms with van der Waals surface area (Å²) in [6.45, 7) is 4.05. The average Bonchev–Trinajstić information content (AvgIpc) is 2.62. The van der Waals surface area contributed by atoms with Crippen LogP contribution >= 0.6 is 11.6 Å². The Balaban J connectivity index is 1.60. The molecule has 1 saturated heterocycles. The molecule has 1 aliphatic rings. The molecule has 1 fully saturated rings. The van der Waals surface area contributed by atoms with Crippen molar-refractivity contribution in [2.24, 2.45) is 0 Å². The van der Waals surface area contributed by atoms with E-state index in [1.54, 1.807) is 6.20 Å². The van der Waals surface area contributed by atoms with Gasteiger partial charge in [0.25, 0.3) is 0 Å². The lowest BCUT2D eigenvalue weighted by Gasteiger charge is -2.35. The van der Waals surface area contributed by atoms with E-state index in [-0.39, 0.29) is 0 Å². The Bertz CT molecular complexity index is 663. The Hall–Kier alpha value is -1.88. The number of benzene rings is 1. The van der Waals surface area contributed by atoms with Gasteiger partial charge in [0.15, 0.2) is 5.82 Å². The third kappa shape index (κ3) is 4.35. The van der Waals surface area contributed by atoms with E-state index in [0.717, 1.165) is 36.8 Å². The second kappa shape index (κ2) is 8.29. The van der Waals surface area contributed by atoms with Crippen LogP contribution in [-0.2, 0) is 6.42 Å². The molecule has 1 unspecified atom stereocenters. The van der Waals surface area contributed by atoms with Crippen LogP contribution in [0.15, 0.2) is 30.5 Å². The molecular formula is C18H24ClN5. The second-order valence-corrected chi connectivity index (χ2v) is 6.63. The number of hydrogen-bond acceptors (Lipinski definition) is 5.